The highest BCUT2D eigenvalue weighted by Gasteiger charge is 2.45. The molecule has 1 aliphatic heterocycles. The fourth-order valence-electron chi connectivity index (χ4n) is 3.41. The molecular weight excluding hydrogens is 316 g/mol. The average molecular weight is 344 g/mol. The van der Waals surface area contributed by atoms with Crippen molar-refractivity contribution in [1.82, 2.24) is 5.32 Å². The summed E-state index contributed by atoms with van der Waals surface area (Å²) in [6, 6.07) is 6.94. The summed E-state index contributed by atoms with van der Waals surface area (Å²) in [7, 11) is 1.67. The quantitative estimate of drug-likeness (QED) is 0.835. The van der Waals surface area contributed by atoms with E-state index in [9.17, 15) is 9.59 Å². The van der Waals surface area contributed by atoms with Crippen LogP contribution in [0.25, 0.3) is 0 Å². The molecule has 2 rings (SSSR count). The zero-order chi connectivity index (χ0) is 18.8. The number of amides is 2. The van der Waals surface area contributed by atoms with Crippen LogP contribution in [0.4, 0.5) is 5.69 Å². The highest BCUT2D eigenvalue weighted by molar-refractivity contribution is 6.01. The molecule has 1 aromatic rings. The molecule has 0 spiro atoms. The Morgan fingerprint density at radius 3 is 2.36 bits per heavy atom. The molecule has 1 fully saturated rings. The van der Waals surface area contributed by atoms with E-state index in [4.69, 9.17) is 4.74 Å². The fourth-order valence-corrected chi connectivity index (χ4v) is 3.41. The van der Waals surface area contributed by atoms with Crippen LogP contribution in [0.5, 0.6) is 0 Å². The van der Waals surface area contributed by atoms with Crippen molar-refractivity contribution >= 4 is 17.5 Å². The van der Waals surface area contributed by atoms with Gasteiger partial charge in [-0.2, -0.15) is 0 Å². The summed E-state index contributed by atoms with van der Waals surface area (Å²) in [5.41, 5.74) is 0.865. The molecule has 0 aliphatic carbocycles. The number of hydrogen-bond donors (Lipinski definition) is 1. The van der Waals surface area contributed by atoms with E-state index in [1.165, 1.54) is 11.0 Å². The van der Waals surface area contributed by atoms with Gasteiger partial charge in [-0.1, -0.05) is 6.58 Å². The van der Waals surface area contributed by atoms with Crippen LogP contribution < -0.4 is 10.2 Å². The first-order chi connectivity index (χ1) is 11.6. The molecule has 2 amide bonds. The van der Waals surface area contributed by atoms with E-state index in [0.717, 1.165) is 6.42 Å². The Labute approximate surface area is 150 Å². The molecule has 1 heterocycles. The molecule has 1 aliphatic rings. The molecule has 0 bridgehead atoms. The van der Waals surface area contributed by atoms with Crippen molar-refractivity contribution in [3.05, 3.63) is 42.5 Å². The summed E-state index contributed by atoms with van der Waals surface area (Å²) in [5, 5.41) is 3.00. The third-order valence-corrected chi connectivity index (χ3v) is 4.79. The third kappa shape index (κ3) is 4.48. The lowest BCUT2D eigenvalue weighted by Crippen LogP contribution is -2.37. The summed E-state index contributed by atoms with van der Waals surface area (Å²) < 4.78 is 6.07. The number of rotatable bonds is 5. The van der Waals surface area contributed by atoms with E-state index in [1.807, 2.05) is 0 Å². The van der Waals surface area contributed by atoms with E-state index in [1.54, 1.807) is 31.3 Å². The number of ether oxygens (including phenoxy) is 1. The first-order valence-electron chi connectivity index (χ1n) is 8.54. The van der Waals surface area contributed by atoms with Crippen molar-refractivity contribution in [2.75, 3.05) is 18.5 Å². The topological polar surface area (TPSA) is 58.6 Å². The minimum absolute atomic E-state index is 0.121. The second-order valence-corrected chi connectivity index (χ2v) is 7.72. The molecule has 1 N–H and O–H groups in total. The van der Waals surface area contributed by atoms with Gasteiger partial charge in [-0.25, -0.2) is 0 Å². The monoisotopic (exact) mass is 344 g/mol. The Balaban J connectivity index is 1.98. The lowest BCUT2D eigenvalue weighted by atomic mass is 9.87. The standard InChI is InChI=1S/C20H28N2O3/c1-7-17(23)22(6)16-10-8-14(9-11-16)18(24)21-13-15-12-19(2,3)25-20(15,4)5/h7-11,15H,1,12-13H2,2-6H3,(H,21,24). The van der Waals surface area contributed by atoms with Crippen molar-refractivity contribution in [2.24, 2.45) is 5.92 Å². The number of carbonyl (C=O) groups is 2. The van der Waals surface area contributed by atoms with E-state index in [2.05, 4.69) is 39.6 Å². The van der Waals surface area contributed by atoms with E-state index in [0.29, 0.717) is 17.8 Å². The van der Waals surface area contributed by atoms with Crippen LogP contribution >= 0.6 is 0 Å². The maximum atomic E-state index is 12.4. The van der Waals surface area contributed by atoms with Crippen LogP contribution in [0.15, 0.2) is 36.9 Å². The molecule has 1 unspecified atom stereocenters. The van der Waals surface area contributed by atoms with Gasteiger partial charge in [-0.05, 0) is 64.5 Å². The Bertz CT molecular complexity index is 662. The number of nitrogens with zero attached hydrogens (tertiary/aromatic N) is 1. The molecule has 5 nitrogen and oxygen atoms in total. The summed E-state index contributed by atoms with van der Waals surface area (Å²) in [4.78, 5) is 25.5. The Morgan fingerprint density at radius 1 is 1.28 bits per heavy atom. The van der Waals surface area contributed by atoms with Gasteiger partial charge < -0.3 is 15.0 Å². The predicted molar refractivity (Wildman–Crippen MR) is 99.7 cm³/mol. The Morgan fingerprint density at radius 2 is 1.88 bits per heavy atom. The van der Waals surface area contributed by atoms with Gasteiger partial charge in [0.25, 0.3) is 5.91 Å². The molecule has 1 saturated heterocycles. The highest BCUT2D eigenvalue weighted by Crippen LogP contribution is 2.41. The molecule has 1 atom stereocenters. The van der Waals surface area contributed by atoms with Gasteiger partial charge in [0.1, 0.15) is 0 Å². The van der Waals surface area contributed by atoms with E-state index in [-0.39, 0.29) is 28.9 Å². The van der Waals surface area contributed by atoms with Gasteiger partial charge in [-0.3, -0.25) is 9.59 Å². The van der Waals surface area contributed by atoms with Crippen molar-refractivity contribution < 1.29 is 14.3 Å². The minimum Gasteiger partial charge on any atom is -0.369 e. The highest BCUT2D eigenvalue weighted by atomic mass is 16.5. The minimum atomic E-state index is -0.256. The first kappa shape index (κ1) is 19.2. The van der Waals surface area contributed by atoms with Gasteiger partial charge in [0.15, 0.2) is 0 Å². The molecule has 0 aromatic heterocycles. The zero-order valence-corrected chi connectivity index (χ0v) is 15.8. The summed E-state index contributed by atoms with van der Waals surface area (Å²) in [5.74, 6) is -0.0462. The Kier molecular flexibility index (Phi) is 5.37. The normalized spacial score (nSPS) is 20.8. The molecule has 0 radical (unpaired) electrons. The van der Waals surface area contributed by atoms with Gasteiger partial charge in [0, 0.05) is 30.8 Å². The molecular formula is C20H28N2O3. The van der Waals surface area contributed by atoms with E-state index < -0.39 is 0 Å². The van der Waals surface area contributed by atoms with Crippen LogP contribution in [0, 0.1) is 5.92 Å². The first-order valence-corrected chi connectivity index (χ1v) is 8.54. The second kappa shape index (κ2) is 7.00. The van der Waals surface area contributed by atoms with Gasteiger partial charge in [0.2, 0.25) is 5.91 Å². The van der Waals surface area contributed by atoms with Crippen LogP contribution in [-0.2, 0) is 9.53 Å². The number of carbonyl (C=O) groups excluding carboxylic acids is 2. The van der Waals surface area contributed by atoms with Crippen LogP contribution in [0.3, 0.4) is 0 Å². The Hall–Kier alpha value is -2.14. The number of hydrogen-bond acceptors (Lipinski definition) is 3. The third-order valence-electron chi connectivity index (χ3n) is 4.79. The molecule has 5 heteroatoms. The van der Waals surface area contributed by atoms with Crippen LogP contribution in [0.1, 0.15) is 44.5 Å². The summed E-state index contributed by atoms with van der Waals surface area (Å²) >= 11 is 0. The summed E-state index contributed by atoms with van der Waals surface area (Å²) in [6.07, 6.45) is 2.17. The van der Waals surface area contributed by atoms with Crippen molar-refractivity contribution in [3.63, 3.8) is 0 Å². The molecule has 136 valence electrons. The number of anilines is 1. The van der Waals surface area contributed by atoms with Crippen LogP contribution in [-0.4, -0.2) is 36.6 Å². The summed E-state index contributed by atoms with van der Waals surface area (Å²) in [6.45, 7) is 12.3. The second-order valence-electron chi connectivity index (χ2n) is 7.72. The van der Waals surface area contributed by atoms with Crippen LogP contribution in [0.2, 0.25) is 0 Å². The molecule has 0 saturated carbocycles. The van der Waals surface area contributed by atoms with E-state index >= 15 is 0 Å². The average Bonchev–Trinajstić information content (AvgIpc) is 2.77. The fraction of sp³-hybridized carbons (Fsp3) is 0.500. The number of likely N-dealkylation sites (N-methyl/N-ethyl adjacent to an activating group) is 1. The smallest absolute Gasteiger partial charge is 0.251 e. The van der Waals surface area contributed by atoms with Gasteiger partial charge in [-0.15, -0.1) is 0 Å². The van der Waals surface area contributed by atoms with Crippen molar-refractivity contribution in [3.8, 4) is 0 Å². The SMILES string of the molecule is C=CC(=O)N(C)c1ccc(C(=O)NCC2CC(C)(C)OC2(C)C)cc1. The molecule has 1 aromatic carbocycles. The predicted octanol–water partition coefficient (Wildman–Crippen LogP) is 3.16. The number of nitrogens with one attached hydrogen (secondary N) is 1. The van der Waals surface area contributed by atoms with Gasteiger partial charge >= 0.3 is 0 Å². The molecule has 25 heavy (non-hydrogen) atoms. The van der Waals surface area contributed by atoms with Gasteiger partial charge in [0.05, 0.1) is 11.2 Å². The largest absolute Gasteiger partial charge is 0.369 e. The maximum Gasteiger partial charge on any atom is 0.251 e. The maximum absolute atomic E-state index is 12.4. The van der Waals surface area contributed by atoms with Crippen molar-refractivity contribution in [1.29, 1.82) is 0 Å². The lowest BCUT2D eigenvalue weighted by molar-refractivity contribution is -0.113. The van der Waals surface area contributed by atoms with Crippen molar-refractivity contribution in [2.45, 2.75) is 45.3 Å². The lowest BCUT2D eigenvalue weighted by Gasteiger charge is -2.27. The number of benzene rings is 1. The zero-order valence-electron chi connectivity index (χ0n) is 15.8.